The van der Waals surface area contributed by atoms with Gasteiger partial charge in [-0.3, -0.25) is 0 Å². The maximum atomic E-state index is 11.6. The Morgan fingerprint density at radius 1 is 1.52 bits per heavy atom. The molecule has 0 spiro atoms. The first-order chi connectivity index (χ1) is 10.1. The number of nitrogens with zero attached hydrogens (tertiary/aromatic N) is 2. The van der Waals surface area contributed by atoms with Gasteiger partial charge in [0.05, 0.1) is 24.4 Å². The fourth-order valence-electron chi connectivity index (χ4n) is 1.83. The van der Waals surface area contributed by atoms with Crippen LogP contribution in [0.4, 0.5) is 11.5 Å². The number of rotatable bonds is 5. The van der Waals surface area contributed by atoms with Gasteiger partial charge in [0.15, 0.2) is 5.82 Å². The lowest BCUT2D eigenvalue weighted by molar-refractivity contribution is 0.0602. The highest BCUT2D eigenvalue weighted by Gasteiger charge is 2.17. The molecule has 0 saturated heterocycles. The minimum Gasteiger partial charge on any atom is -0.465 e. The van der Waals surface area contributed by atoms with Crippen LogP contribution in [0.5, 0.6) is 0 Å². The monoisotopic (exact) mass is 306 g/mol. The maximum Gasteiger partial charge on any atom is 0.340 e. The van der Waals surface area contributed by atoms with Gasteiger partial charge in [-0.2, -0.15) is 0 Å². The summed E-state index contributed by atoms with van der Waals surface area (Å²) in [5.41, 5.74) is 6.56. The number of carbonyl (C=O) groups excluding carboxylic acids is 1. The van der Waals surface area contributed by atoms with Gasteiger partial charge in [-0.05, 0) is 19.4 Å². The zero-order chi connectivity index (χ0) is 15.4. The molecule has 0 aliphatic carbocycles. The van der Waals surface area contributed by atoms with Gasteiger partial charge in [0, 0.05) is 17.3 Å². The van der Waals surface area contributed by atoms with Crippen LogP contribution in [-0.2, 0) is 11.2 Å². The van der Waals surface area contributed by atoms with Crippen LogP contribution in [-0.4, -0.2) is 23.0 Å². The van der Waals surface area contributed by atoms with Crippen LogP contribution in [0.1, 0.15) is 40.1 Å². The van der Waals surface area contributed by atoms with Gasteiger partial charge in [-0.15, -0.1) is 11.3 Å². The van der Waals surface area contributed by atoms with E-state index in [1.54, 1.807) is 11.3 Å². The summed E-state index contributed by atoms with van der Waals surface area (Å²) in [7, 11) is 1.32. The van der Waals surface area contributed by atoms with E-state index in [2.05, 4.69) is 22.2 Å². The Balaban J connectivity index is 2.21. The van der Waals surface area contributed by atoms with Crippen molar-refractivity contribution < 1.29 is 9.53 Å². The van der Waals surface area contributed by atoms with Crippen LogP contribution < -0.4 is 11.1 Å². The van der Waals surface area contributed by atoms with E-state index in [0.29, 0.717) is 11.4 Å². The van der Waals surface area contributed by atoms with E-state index in [0.717, 1.165) is 11.4 Å². The summed E-state index contributed by atoms with van der Waals surface area (Å²) in [6, 6.07) is 1.49. The zero-order valence-electron chi connectivity index (χ0n) is 12.2. The number of esters is 1. The number of thiazole rings is 1. The lowest BCUT2D eigenvalue weighted by atomic mass is 10.2. The van der Waals surface area contributed by atoms with Gasteiger partial charge in [0.1, 0.15) is 5.01 Å². The van der Waals surface area contributed by atoms with Crippen molar-refractivity contribution in [2.45, 2.75) is 26.3 Å². The predicted molar refractivity (Wildman–Crippen MR) is 83.5 cm³/mol. The second-order valence-electron chi connectivity index (χ2n) is 4.50. The van der Waals surface area contributed by atoms with Crippen LogP contribution in [0.25, 0.3) is 0 Å². The van der Waals surface area contributed by atoms with E-state index in [-0.39, 0.29) is 11.7 Å². The molecule has 2 aromatic rings. The summed E-state index contributed by atoms with van der Waals surface area (Å²) in [6.07, 6.45) is 4.36. The number of carbonyl (C=O) groups is 1. The van der Waals surface area contributed by atoms with E-state index in [9.17, 15) is 4.79 Å². The number of hydrogen-bond acceptors (Lipinski definition) is 7. The lowest BCUT2D eigenvalue weighted by Crippen LogP contribution is -2.13. The number of pyridine rings is 1. The number of anilines is 2. The minimum absolute atomic E-state index is 0.0435. The average Bonchev–Trinajstić information content (AvgIpc) is 2.97. The topological polar surface area (TPSA) is 90.1 Å². The molecule has 2 heterocycles. The quantitative estimate of drug-likeness (QED) is 0.825. The Morgan fingerprint density at radius 3 is 2.90 bits per heavy atom. The molecular weight excluding hydrogens is 288 g/mol. The van der Waals surface area contributed by atoms with Gasteiger partial charge in [-0.25, -0.2) is 14.8 Å². The number of nitrogens with one attached hydrogen (secondary N) is 1. The van der Waals surface area contributed by atoms with Crippen molar-refractivity contribution in [1.82, 2.24) is 9.97 Å². The van der Waals surface area contributed by atoms with Gasteiger partial charge < -0.3 is 15.8 Å². The van der Waals surface area contributed by atoms with Crippen molar-refractivity contribution in [2.24, 2.45) is 0 Å². The zero-order valence-corrected chi connectivity index (χ0v) is 13.0. The number of aromatic nitrogens is 2. The molecule has 0 saturated carbocycles. The largest absolute Gasteiger partial charge is 0.465 e. The number of hydrogen-bond donors (Lipinski definition) is 2. The molecule has 0 aliphatic heterocycles. The summed E-state index contributed by atoms with van der Waals surface area (Å²) in [5, 5.41) is 4.14. The second-order valence-corrected chi connectivity index (χ2v) is 5.64. The molecule has 0 aliphatic rings. The Morgan fingerprint density at radius 2 is 2.29 bits per heavy atom. The van der Waals surface area contributed by atoms with Gasteiger partial charge in [0.25, 0.3) is 0 Å². The summed E-state index contributed by atoms with van der Waals surface area (Å²) in [6.45, 7) is 4.07. The molecule has 1 unspecified atom stereocenters. The molecule has 112 valence electrons. The molecule has 0 fully saturated rings. The smallest absolute Gasteiger partial charge is 0.340 e. The average molecular weight is 306 g/mol. The Labute approximate surface area is 127 Å². The highest BCUT2D eigenvalue weighted by molar-refractivity contribution is 7.11. The third kappa shape index (κ3) is 3.30. The first kappa shape index (κ1) is 15.2. The number of nitrogen functional groups attached to an aromatic ring is 1. The molecule has 0 aromatic carbocycles. The summed E-state index contributed by atoms with van der Waals surface area (Å²) >= 11 is 1.65. The normalized spacial score (nSPS) is 12.0. The summed E-state index contributed by atoms with van der Waals surface area (Å²) in [4.78, 5) is 21.4. The van der Waals surface area contributed by atoms with E-state index in [1.165, 1.54) is 24.3 Å². The first-order valence-corrected chi connectivity index (χ1v) is 7.42. The van der Waals surface area contributed by atoms with Crippen LogP contribution in [0.2, 0.25) is 0 Å². The fraction of sp³-hybridized carbons (Fsp3) is 0.357. The molecule has 0 bridgehead atoms. The van der Waals surface area contributed by atoms with Crippen molar-refractivity contribution in [3.05, 3.63) is 33.9 Å². The lowest BCUT2D eigenvalue weighted by Gasteiger charge is -2.15. The van der Waals surface area contributed by atoms with Crippen molar-refractivity contribution in [3.63, 3.8) is 0 Å². The van der Waals surface area contributed by atoms with E-state index < -0.39 is 5.97 Å². The molecule has 2 aromatic heterocycles. The van der Waals surface area contributed by atoms with Crippen LogP contribution in [0, 0.1) is 0 Å². The number of nitrogens with two attached hydrogens (primary N) is 1. The van der Waals surface area contributed by atoms with E-state index in [4.69, 9.17) is 10.5 Å². The number of aryl methyl sites for hydroxylation is 1. The first-order valence-electron chi connectivity index (χ1n) is 6.60. The SMILES string of the molecule is CCc1cnc(C(C)Nc2nccc(C(=O)OC)c2N)s1. The van der Waals surface area contributed by atoms with Crippen molar-refractivity contribution >= 4 is 28.8 Å². The molecule has 0 radical (unpaired) electrons. The van der Waals surface area contributed by atoms with E-state index in [1.807, 2.05) is 13.1 Å². The Bertz CT molecular complexity index is 642. The highest BCUT2D eigenvalue weighted by Crippen LogP contribution is 2.27. The Kier molecular flexibility index (Phi) is 4.74. The van der Waals surface area contributed by atoms with Crippen molar-refractivity contribution in [3.8, 4) is 0 Å². The number of ether oxygens (including phenoxy) is 1. The van der Waals surface area contributed by atoms with Gasteiger partial charge in [0.2, 0.25) is 0 Å². The third-order valence-electron chi connectivity index (χ3n) is 3.04. The maximum absolute atomic E-state index is 11.6. The molecule has 7 heteroatoms. The van der Waals surface area contributed by atoms with Crippen molar-refractivity contribution in [1.29, 1.82) is 0 Å². The fourth-order valence-corrected chi connectivity index (χ4v) is 2.69. The van der Waals surface area contributed by atoms with Crippen LogP contribution >= 0.6 is 11.3 Å². The van der Waals surface area contributed by atoms with Crippen LogP contribution in [0.15, 0.2) is 18.5 Å². The highest BCUT2D eigenvalue weighted by atomic mass is 32.1. The van der Waals surface area contributed by atoms with E-state index >= 15 is 0 Å². The molecular formula is C14H18N4O2S. The van der Waals surface area contributed by atoms with Gasteiger partial charge >= 0.3 is 5.97 Å². The second kappa shape index (κ2) is 6.53. The summed E-state index contributed by atoms with van der Waals surface area (Å²) < 4.78 is 4.69. The molecule has 3 N–H and O–H groups in total. The minimum atomic E-state index is -0.479. The van der Waals surface area contributed by atoms with Crippen LogP contribution in [0.3, 0.4) is 0 Å². The predicted octanol–water partition coefficient (Wildman–Crippen LogP) is 2.64. The molecule has 2 rings (SSSR count). The van der Waals surface area contributed by atoms with Crippen molar-refractivity contribution in [2.75, 3.05) is 18.2 Å². The standard InChI is InChI=1S/C14H18N4O2S/c1-4-9-7-17-13(21-9)8(2)18-12-11(15)10(5-6-16-12)14(19)20-3/h5-8H,4,15H2,1-3H3,(H,16,18). The van der Waals surface area contributed by atoms with Gasteiger partial charge in [-0.1, -0.05) is 6.92 Å². The Hall–Kier alpha value is -2.15. The molecule has 0 amide bonds. The third-order valence-corrected chi connectivity index (χ3v) is 4.36. The molecule has 21 heavy (non-hydrogen) atoms. The molecule has 1 atom stereocenters. The number of methoxy groups -OCH3 is 1. The molecule has 6 nitrogen and oxygen atoms in total. The summed E-state index contributed by atoms with van der Waals surface area (Å²) in [5.74, 6) is -0.0215.